The third-order valence-electron chi connectivity index (χ3n) is 1.40. The molecular formula is C7H11NO3S. The number of hydrogen-bond donors (Lipinski definition) is 1. The fourth-order valence-electron chi connectivity index (χ4n) is 0.640. The summed E-state index contributed by atoms with van der Waals surface area (Å²) in [4.78, 5) is 2.75. The van der Waals surface area contributed by atoms with Crippen molar-refractivity contribution < 1.29 is 13.2 Å². The first-order valence-corrected chi connectivity index (χ1v) is 5.43. The third kappa shape index (κ3) is 2.58. The minimum absolute atomic E-state index is 0.105. The molecule has 0 bridgehead atoms. The van der Waals surface area contributed by atoms with Crippen molar-refractivity contribution in [1.82, 2.24) is 4.98 Å². The Morgan fingerprint density at radius 2 is 2.33 bits per heavy atom. The van der Waals surface area contributed by atoms with Crippen LogP contribution in [-0.2, 0) is 9.84 Å². The van der Waals surface area contributed by atoms with Crippen molar-refractivity contribution >= 4 is 9.84 Å². The van der Waals surface area contributed by atoms with Gasteiger partial charge in [0.1, 0.15) is 0 Å². The third-order valence-corrected chi connectivity index (χ3v) is 2.76. The largest absolute Gasteiger partial charge is 0.463 e. The second kappa shape index (κ2) is 3.62. The van der Waals surface area contributed by atoms with Gasteiger partial charge < -0.3 is 9.72 Å². The normalized spacial score (nSPS) is 11.4. The Balaban J connectivity index is 2.47. The van der Waals surface area contributed by atoms with E-state index >= 15 is 0 Å². The summed E-state index contributed by atoms with van der Waals surface area (Å²) in [6, 6.07) is 3.42. The number of nitrogens with one attached hydrogen (secondary N) is 1. The maximum atomic E-state index is 11.0. The molecule has 0 spiro atoms. The number of hydrogen-bond acceptors (Lipinski definition) is 3. The molecule has 5 heteroatoms. The van der Waals surface area contributed by atoms with Crippen LogP contribution in [0, 0.1) is 0 Å². The number of aromatic nitrogens is 1. The molecular weight excluding hydrogens is 178 g/mol. The van der Waals surface area contributed by atoms with E-state index in [0.717, 1.165) is 0 Å². The summed E-state index contributed by atoms with van der Waals surface area (Å²) >= 11 is 0. The minimum atomic E-state index is -3.04. The molecule has 1 N–H and O–H groups in total. The zero-order valence-electron chi connectivity index (χ0n) is 6.78. The van der Waals surface area contributed by atoms with Crippen LogP contribution < -0.4 is 4.74 Å². The van der Waals surface area contributed by atoms with Crippen LogP contribution in [0.5, 0.6) is 5.88 Å². The average molecular weight is 189 g/mol. The van der Waals surface area contributed by atoms with Crippen LogP contribution in [-0.4, -0.2) is 25.1 Å². The number of aromatic amines is 1. The van der Waals surface area contributed by atoms with E-state index in [1.165, 1.54) is 0 Å². The van der Waals surface area contributed by atoms with Crippen LogP contribution in [0.2, 0.25) is 0 Å². The molecule has 0 radical (unpaired) electrons. The first-order valence-electron chi connectivity index (χ1n) is 3.60. The molecule has 1 aromatic rings. The van der Waals surface area contributed by atoms with Gasteiger partial charge in [-0.1, -0.05) is 6.92 Å². The van der Waals surface area contributed by atoms with E-state index in [4.69, 9.17) is 4.74 Å². The van der Waals surface area contributed by atoms with Crippen molar-refractivity contribution in [1.29, 1.82) is 0 Å². The van der Waals surface area contributed by atoms with Crippen LogP contribution in [0.4, 0.5) is 0 Å². The Morgan fingerprint density at radius 3 is 2.83 bits per heavy atom. The molecule has 4 nitrogen and oxygen atoms in total. The predicted octanol–water partition coefficient (Wildman–Crippen LogP) is 0.786. The highest BCUT2D eigenvalue weighted by atomic mass is 32.2. The first-order chi connectivity index (χ1) is 5.64. The monoisotopic (exact) mass is 189 g/mol. The topological polar surface area (TPSA) is 59.2 Å². The fourth-order valence-corrected chi connectivity index (χ4v) is 1.11. The van der Waals surface area contributed by atoms with Crippen molar-refractivity contribution in [2.45, 2.75) is 6.92 Å². The lowest BCUT2D eigenvalue weighted by Gasteiger charge is -2.02. The van der Waals surface area contributed by atoms with Crippen molar-refractivity contribution in [3.05, 3.63) is 18.3 Å². The molecule has 0 amide bonds. The lowest BCUT2D eigenvalue weighted by molar-refractivity contribution is 0.365. The lowest BCUT2D eigenvalue weighted by atomic mass is 10.7. The number of H-pyrrole nitrogens is 1. The van der Waals surface area contributed by atoms with Gasteiger partial charge in [-0.05, 0) is 12.1 Å². The van der Waals surface area contributed by atoms with Gasteiger partial charge in [0, 0.05) is 6.20 Å². The first kappa shape index (κ1) is 9.12. The molecule has 0 aliphatic rings. The van der Waals surface area contributed by atoms with Gasteiger partial charge in [0.05, 0.1) is 5.75 Å². The number of rotatable bonds is 4. The van der Waals surface area contributed by atoms with E-state index in [1.807, 2.05) is 0 Å². The van der Waals surface area contributed by atoms with Gasteiger partial charge in [-0.25, -0.2) is 8.42 Å². The molecule has 0 unspecified atom stereocenters. The van der Waals surface area contributed by atoms with Crippen LogP contribution in [0.15, 0.2) is 18.3 Å². The van der Waals surface area contributed by atoms with Crippen LogP contribution in [0.3, 0.4) is 0 Å². The smallest absolute Gasteiger partial charge is 0.191 e. The van der Waals surface area contributed by atoms with Gasteiger partial charge in [0.2, 0.25) is 0 Å². The summed E-state index contributed by atoms with van der Waals surface area (Å²) in [5, 5.41) is 0. The average Bonchev–Trinajstić information content (AvgIpc) is 2.53. The molecule has 1 rings (SSSR count). The van der Waals surface area contributed by atoms with E-state index in [0.29, 0.717) is 5.88 Å². The van der Waals surface area contributed by atoms with Gasteiger partial charge in [0.15, 0.2) is 21.7 Å². The Bertz CT molecular complexity index is 314. The summed E-state index contributed by atoms with van der Waals surface area (Å²) < 4.78 is 26.9. The predicted molar refractivity (Wildman–Crippen MR) is 45.7 cm³/mol. The Hall–Kier alpha value is -0.970. The zero-order valence-corrected chi connectivity index (χ0v) is 7.60. The second-order valence-corrected chi connectivity index (χ2v) is 4.63. The summed E-state index contributed by atoms with van der Waals surface area (Å²) in [5.41, 5.74) is 0. The van der Waals surface area contributed by atoms with Crippen molar-refractivity contribution in [3.8, 4) is 5.88 Å². The van der Waals surface area contributed by atoms with E-state index in [1.54, 1.807) is 25.3 Å². The van der Waals surface area contributed by atoms with Gasteiger partial charge in [0.25, 0.3) is 0 Å². The summed E-state index contributed by atoms with van der Waals surface area (Å²) in [5.74, 6) is 0.324. The maximum Gasteiger partial charge on any atom is 0.191 e. The molecule has 0 saturated heterocycles. The molecule has 68 valence electrons. The van der Waals surface area contributed by atoms with E-state index in [9.17, 15) is 8.42 Å². The van der Waals surface area contributed by atoms with Gasteiger partial charge in [-0.15, -0.1) is 0 Å². The van der Waals surface area contributed by atoms with E-state index in [2.05, 4.69) is 4.98 Å². The van der Waals surface area contributed by atoms with Gasteiger partial charge >= 0.3 is 0 Å². The highest BCUT2D eigenvalue weighted by Crippen LogP contribution is 2.05. The Kier molecular flexibility index (Phi) is 2.75. The molecule has 12 heavy (non-hydrogen) atoms. The molecule has 1 heterocycles. The summed E-state index contributed by atoms with van der Waals surface area (Å²) in [7, 11) is -3.04. The van der Waals surface area contributed by atoms with E-state index < -0.39 is 9.84 Å². The summed E-state index contributed by atoms with van der Waals surface area (Å²) in [6.45, 7) is 1.59. The SMILES string of the molecule is CCS(=O)(=O)COc1ccc[nH]1. The molecule has 0 fully saturated rings. The van der Waals surface area contributed by atoms with Crippen LogP contribution in [0.1, 0.15) is 6.92 Å². The van der Waals surface area contributed by atoms with Crippen molar-refractivity contribution in [2.24, 2.45) is 0 Å². The van der Waals surface area contributed by atoms with E-state index in [-0.39, 0.29) is 11.7 Å². The van der Waals surface area contributed by atoms with Gasteiger partial charge in [-0.3, -0.25) is 0 Å². The van der Waals surface area contributed by atoms with Gasteiger partial charge in [-0.2, -0.15) is 0 Å². The fraction of sp³-hybridized carbons (Fsp3) is 0.429. The maximum absolute atomic E-state index is 11.0. The van der Waals surface area contributed by atoms with Crippen molar-refractivity contribution in [2.75, 3.05) is 11.7 Å². The van der Waals surface area contributed by atoms with Crippen LogP contribution >= 0.6 is 0 Å². The highest BCUT2D eigenvalue weighted by molar-refractivity contribution is 7.91. The van der Waals surface area contributed by atoms with Crippen molar-refractivity contribution in [3.63, 3.8) is 0 Å². The molecule has 0 aromatic carbocycles. The number of sulfone groups is 1. The molecule has 1 aromatic heterocycles. The zero-order chi connectivity index (χ0) is 9.03. The highest BCUT2D eigenvalue weighted by Gasteiger charge is 2.07. The second-order valence-electron chi connectivity index (χ2n) is 2.33. The Labute approximate surface area is 71.5 Å². The number of ether oxygens (including phenoxy) is 1. The minimum Gasteiger partial charge on any atom is -0.463 e. The standard InChI is InChI=1S/C7H11NO3S/c1-2-12(9,10)6-11-7-4-3-5-8-7/h3-5,8H,2,6H2,1H3. The van der Waals surface area contributed by atoms with Crippen LogP contribution in [0.25, 0.3) is 0 Å². The quantitative estimate of drug-likeness (QED) is 0.761. The molecule has 0 aliphatic heterocycles. The molecule has 0 atom stereocenters. The lowest BCUT2D eigenvalue weighted by Crippen LogP contribution is -2.13. The Morgan fingerprint density at radius 1 is 1.58 bits per heavy atom. The molecule has 0 aliphatic carbocycles. The summed E-state index contributed by atoms with van der Waals surface area (Å²) in [6.07, 6.45) is 1.67. The molecule has 0 saturated carbocycles.